The summed E-state index contributed by atoms with van der Waals surface area (Å²) in [5, 5.41) is 11.1. The lowest BCUT2D eigenvalue weighted by atomic mass is 10.1. The number of halogens is 2. The summed E-state index contributed by atoms with van der Waals surface area (Å²) in [7, 11) is 0. The minimum Gasteiger partial charge on any atom is -0.395 e. The molecular weight excluding hydrogens is 345 g/mol. The highest BCUT2D eigenvalue weighted by atomic mass is 35.5. The first-order valence-corrected chi connectivity index (χ1v) is 7.61. The Hall–Kier alpha value is -3.19. The maximum absolute atomic E-state index is 12.8. The second-order valence-electron chi connectivity index (χ2n) is 5.12. The molecule has 2 aromatic carbocycles. The predicted molar refractivity (Wildman–Crippen MR) is 94.9 cm³/mol. The average Bonchev–Trinajstić information content (AvgIpc) is 2.99. The molecular formula is C17H13ClFN5O. The number of hydrogen-bond donors (Lipinski definition) is 3. The highest BCUT2D eigenvalue weighted by Crippen LogP contribution is 2.27. The van der Waals surface area contributed by atoms with Crippen LogP contribution in [0, 0.1) is 5.82 Å². The molecule has 6 nitrogen and oxygen atoms in total. The molecule has 0 aliphatic rings. The molecule has 4 N–H and O–H groups in total. The number of nitrogen functional groups attached to an aromatic ring is 1. The van der Waals surface area contributed by atoms with Gasteiger partial charge in [0.2, 0.25) is 0 Å². The number of rotatable bonds is 4. The standard InChI is InChI=1S/C17H13ClFN5O/c18-12-5-3-11(4-6-12)15-14(20)16(23-22-15)17(25)24-21-9-10-1-7-13(19)8-2-10/h1-9H,20H2,(H,22,23)(H,24,25)/b21-9+. The third-order valence-corrected chi connectivity index (χ3v) is 3.65. The number of nitrogens with one attached hydrogen (secondary N) is 2. The van der Waals surface area contributed by atoms with Crippen molar-refractivity contribution in [1.82, 2.24) is 15.6 Å². The van der Waals surface area contributed by atoms with Crippen LogP contribution in [0.15, 0.2) is 53.6 Å². The lowest BCUT2D eigenvalue weighted by Crippen LogP contribution is -2.19. The molecule has 0 saturated carbocycles. The summed E-state index contributed by atoms with van der Waals surface area (Å²) in [6.07, 6.45) is 1.39. The third kappa shape index (κ3) is 3.84. The lowest BCUT2D eigenvalue weighted by Gasteiger charge is -2.00. The van der Waals surface area contributed by atoms with Crippen molar-refractivity contribution in [3.05, 3.63) is 70.6 Å². The van der Waals surface area contributed by atoms with Gasteiger partial charge in [-0.3, -0.25) is 9.89 Å². The van der Waals surface area contributed by atoms with Crippen LogP contribution in [0.2, 0.25) is 5.02 Å². The number of carbonyl (C=O) groups is 1. The Bertz CT molecular complexity index is 919. The number of nitrogens with two attached hydrogens (primary N) is 1. The Morgan fingerprint density at radius 3 is 2.56 bits per heavy atom. The molecule has 0 spiro atoms. The summed E-state index contributed by atoms with van der Waals surface area (Å²) in [5.74, 6) is -0.885. The number of hydrazone groups is 1. The fourth-order valence-electron chi connectivity index (χ4n) is 2.12. The van der Waals surface area contributed by atoms with E-state index in [-0.39, 0.29) is 17.2 Å². The number of carbonyl (C=O) groups excluding carboxylic acids is 1. The van der Waals surface area contributed by atoms with Crippen LogP contribution in [0.25, 0.3) is 11.3 Å². The molecule has 0 fully saturated rings. The molecule has 1 amide bonds. The normalized spacial score (nSPS) is 11.0. The summed E-state index contributed by atoms with van der Waals surface area (Å²) in [6, 6.07) is 12.6. The Labute approximate surface area is 147 Å². The second kappa shape index (κ2) is 7.14. The van der Waals surface area contributed by atoms with Crippen molar-refractivity contribution in [2.75, 3.05) is 5.73 Å². The van der Waals surface area contributed by atoms with Crippen molar-refractivity contribution in [3.63, 3.8) is 0 Å². The van der Waals surface area contributed by atoms with Crippen LogP contribution in [0.3, 0.4) is 0 Å². The van der Waals surface area contributed by atoms with Crippen molar-refractivity contribution in [3.8, 4) is 11.3 Å². The van der Waals surface area contributed by atoms with E-state index >= 15 is 0 Å². The molecule has 0 radical (unpaired) electrons. The molecule has 126 valence electrons. The minimum atomic E-state index is -0.538. The molecule has 3 rings (SSSR count). The van der Waals surface area contributed by atoms with E-state index in [1.165, 1.54) is 30.5 Å². The zero-order chi connectivity index (χ0) is 17.8. The highest BCUT2D eigenvalue weighted by molar-refractivity contribution is 6.30. The molecule has 0 aliphatic carbocycles. The summed E-state index contributed by atoms with van der Waals surface area (Å²) in [4.78, 5) is 12.2. The van der Waals surface area contributed by atoms with E-state index in [0.29, 0.717) is 16.3 Å². The first kappa shape index (κ1) is 16.7. The minimum absolute atomic E-state index is 0.0983. The van der Waals surface area contributed by atoms with Gasteiger partial charge in [-0.05, 0) is 29.8 Å². The van der Waals surface area contributed by atoms with Gasteiger partial charge in [0.05, 0.1) is 11.9 Å². The smallest absolute Gasteiger partial charge is 0.291 e. The molecule has 1 aromatic heterocycles. The van der Waals surface area contributed by atoms with Crippen LogP contribution in [0.5, 0.6) is 0 Å². The number of anilines is 1. The number of nitrogens with zero attached hydrogens (tertiary/aromatic N) is 2. The van der Waals surface area contributed by atoms with E-state index in [9.17, 15) is 9.18 Å². The van der Waals surface area contributed by atoms with E-state index in [0.717, 1.165) is 5.56 Å². The van der Waals surface area contributed by atoms with Crippen LogP contribution >= 0.6 is 11.6 Å². The Morgan fingerprint density at radius 2 is 1.88 bits per heavy atom. The van der Waals surface area contributed by atoms with Gasteiger partial charge in [-0.15, -0.1) is 0 Å². The van der Waals surface area contributed by atoms with Crippen LogP contribution in [0.4, 0.5) is 10.1 Å². The molecule has 0 saturated heterocycles. The van der Waals surface area contributed by atoms with Crippen molar-refractivity contribution in [2.24, 2.45) is 5.10 Å². The van der Waals surface area contributed by atoms with Gasteiger partial charge in [0.25, 0.3) is 5.91 Å². The van der Waals surface area contributed by atoms with Crippen LogP contribution in [0.1, 0.15) is 16.1 Å². The highest BCUT2D eigenvalue weighted by Gasteiger charge is 2.17. The van der Waals surface area contributed by atoms with Crippen molar-refractivity contribution < 1.29 is 9.18 Å². The molecule has 8 heteroatoms. The lowest BCUT2D eigenvalue weighted by molar-refractivity contribution is 0.0951. The molecule has 25 heavy (non-hydrogen) atoms. The van der Waals surface area contributed by atoms with Gasteiger partial charge in [-0.25, -0.2) is 9.82 Å². The number of benzene rings is 2. The molecule has 0 bridgehead atoms. The Morgan fingerprint density at radius 1 is 1.20 bits per heavy atom. The zero-order valence-electron chi connectivity index (χ0n) is 12.8. The van der Waals surface area contributed by atoms with E-state index in [4.69, 9.17) is 17.3 Å². The van der Waals surface area contributed by atoms with E-state index < -0.39 is 5.91 Å². The first-order valence-electron chi connectivity index (χ1n) is 7.23. The number of hydrogen-bond acceptors (Lipinski definition) is 4. The summed E-state index contributed by atoms with van der Waals surface area (Å²) in [5.41, 5.74) is 10.5. The summed E-state index contributed by atoms with van der Waals surface area (Å²) >= 11 is 5.85. The molecule has 1 heterocycles. The van der Waals surface area contributed by atoms with Crippen molar-refractivity contribution in [2.45, 2.75) is 0 Å². The van der Waals surface area contributed by atoms with Crippen molar-refractivity contribution in [1.29, 1.82) is 0 Å². The number of aromatic nitrogens is 2. The predicted octanol–water partition coefficient (Wildman–Crippen LogP) is 3.22. The van der Waals surface area contributed by atoms with Crippen LogP contribution < -0.4 is 11.2 Å². The van der Waals surface area contributed by atoms with E-state index in [2.05, 4.69) is 20.7 Å². The summed E-state index contributed by atoms with van der Waals surface area (Å²) in [6.45, 7) is 0. The van der Waals surface area contributed by atoms with Gasteiger partial charge in [-0.1, -0.05) is 35.9 Å². The molecule has 3 aromatic rings. The van der Waals surface area contributed by atoms with Crippen molar-refractivity contribution >= 4 is 29.4 Å². The van der Waals surface area contributed by atoms with E-state index in [1.807, 2.05) is 0 Å². The van der Waals surface area contributed by atoms with Crippen LogP contribution in [-0.4, -0.2) is 22.3 Å². The van der Waals surface area contributed by atoms with Gasteiger partial charge >= 0.3 is 0 Å². The van der Waals surface area contributed by atoms with Gasteiger partial charge in [0.1, 0.15) is 17.2 Å². The Kier molecular flexibility index (Phi) is 4.76. The monoisotopic (exact) mass is 357 g/mol. The summed E-state index contributed by atoms with van der Waals surface area (Å²) < 4.78 is 12.8. The van der Waals surface area contributed by atoms with Crippen LogP contribution in [-0.2, 0) is 0 Å². The SMILES string of the molecule is Nc1c(-c2ccc(Cl)cc2)n[nH]c1C(=O)N/N=C/c1ccc(F)cc1. The third-order valence-electron chi connectivity index (χ3n) is 3.40. The Balaban J connectivity index is 1.72. The maximum Gasteiger partial charge on any atom is 0.291 e. The number of H-pyrrole nitrogens is 1. The molecule has 0 unspecified atom stereocenters. The number of aromatic amines is 1. The first-order chi connectivity index (χ1) is 12.0. The van der Waals surface area contributed by atoms with Gasteiger partial charge in [0, 0.05) is 10.6 Å². The largest absolute Gasteiger partial charge is 0.395 e. The molecule has 0 aliphatic heterocycles. The van der Waals surface area contributed by atoms with Gasteiger partial charge < -0.3 is 5.73 Å². The second-order valence-corrected chi connectivity index (χ2v) is 5.55. The zero-order valence-corrected chi connectivity index (χ0v) is 13.6. The molecule has 0 atom stereocenters. The topological polar surface area (TPSA) is 96.2 Å². The maximum atomic E-state index is 12.8. The fraction of sp³-hybridized carbons (Fsp3) is 0. The average molecular weight is 358 g/mol. The van der Waals surface area contributed by atoms with E-state index in [1.54, 1.807) is 24.3 Å². The fourth-order valence-corrected chi connectivity index (χ4v) is 2.25. The number of amides is 1. The quantitative estimate of drug-likeness (QED) is 0.494. The van der Waals surface area contributed by atoms with Gasteiger partial charge in [0.15, 0.2) is 0 Å². The van der Waals surface area contributed by atoms with Gasteiger partial charge in [-0.2, -0.15) is 10.2 Å².